The van der Waals surface area contributed by atoms with Crippen LogP contribution in [0.2, 0.25) is 0 Å². The van der Waals surface area contributed by atoms with Crippen LogP contribution in [0.4, 0.5) is 0 Å². The van der Waals surface area contributed by atoms with Gasteiger partial charge in [-0.2, -0.15) is 0 Å². The van der Waals surface area contributed by atoms with Gasteiger partial charge in [-0.3, -0.25) is 0 Å². The van der Waals surface area contributed by atoms with E-state index in [9.17, 15) is 0 Å². The lowest BCUT2D eigenvalue weighted by Gasteiger charge is -2.24. The third-order valence-corrected chi connectivity index (χ3v) is 3.06. The molecule has 1 rings (SSSR count). The van der Waals surface area contributed by atoms with Crippen LogP contribution < -0.4 is 0 Å². The van der Waals surface area contributed by atoms with Crippen LogP contribution in [0, 0.1) is 12.0 Å². The molecule has 1 aromatic carbocycles. The van der Waals surface area contributed by atoms with Crippen LogP contribution >= 0.6 is 0 Å². The van der Waals surface area contributed by atoms with Gasteiger partial charge in [-0.25, -0.2) is 4.85 Å². The summed E-state index contributed by atoms with van der Waals surface area (Å²) in [7, 11) is 0. The highest BCUT2D eigenvalue weighted by Gasteiger charge is 2.19. The molecule has 0 atom stereocenters. The van der Waals surface area contributed by atoms with Crippen LogP contribution in [0.3, 0.4) is 0 Å². The minimum Gasteiger partial charge on any atom is -0.246 e. The van der Waals surface area contributed by atoms with E-state index in [2.05, 4.69) is 70.7 Å². The lowest BCUT2D eigenvalue weighted by Crippen LogP contribution is -2.12. The second kappa shape index (κ2) is 4.98. The van der Waals surface area contributed by atoms with Crippen LogP contribution in [0.5, 0.6) is 0 Å². The third-order valence-electron chi connectivity index (χ3n) is 3.06. The molecular weight excluding hydrogens is 218 g/mol. The van der Waals surface area contributed by atoms with Crippen molar-refractivity contribution in [1.82, 2.24) is 0 Å². The molecule has 0 heterocycles. The summed E-state index contributed by atoms with van der Waals surface area (Å²) < 4.78 is 0. The minimum atomic E-state index is -0.00615. The Morgan fingerprint density at radius 3 is 1.83 bits per heavy atom. The molecule has 1 heteroatoms. The first-order chi connectivity index (χ1) is 8.16. The summed E-state index contributed by atoms with van der Waals surface area (Å²) in [5.41, 5.74) is 3.73. The van der Waals surface area contributed by atoms with Gasteiger partial charge in [0.05, 0.1) is 6.57 Å². The maximum absolute atomic E-state index is 7.05. The van der Waals surface area contributed by atoms with Gasteiger partial charge in [-0.05, 0) is 27.5 Å². The lowest BCUT2D eigenvalue weighted by molar-refractivity contribution is 0.566. The first-order valence-electron chi connectivity index (χ1n) is 6.34. The van der Waals surface area contributed by atoms with E-state index >= 15 is 0 Å². The Kier molecular flexibility index (Phi) is 4.02. The van der Waals surface area contributed by atoms with Crippen molar-refractivity contribution < 1.29 is 0 Å². The summed E-state index contributed by atoms with van der Waals surface area (Å²) >= 11 is 0. The lowest BCUT2D eigenvalue weighted by atomic mass is 9.81. The van der Waals surface area contributed by atoms with Gasteiger partial charge < -0.3 is 0 Å². The number of hydrogen-bond donors (Lipinski definition) is 0. The average Bonchev–Trinajstić information content (AvgIpc) is 2.23. The van der Waals surface area contributed by atoms with Gasteiger partial charge >= 0.3 is 0 Å². The van der Waals surface area contributed by atoms with E-state index in [-0.39, 0.29) is 10.8 Å². The minimum absolute atomic E-state index is 0.00615. The van der Waals surface area contributed by atoms with Gasteiger partial charge in [0.1, 0.15) is 0 Å². The highest BCUT2D eigenvalue weighted by atomic mass is 14.6. The summed E-state index contributed by atoms with van der Waals surface area (Å²) in [4.78, 5) is 3.44. The number of nitrogens with zero attached hydrogens (tertiary/aromatic N) is 1. The van der Waals surface area contributed by atoms with Crippen molar-refractivity contribution in [3.05, 3.63) is 53.0 Å². The van der Waals surface area contributed by atoms with Crippen LogP contribution in [-0.4, -0.2) is 0 Å². The van der Waals surface area contributed by atoms with E-state index in [0.29, 0.717) is 0 Å². The largest absolute Gasteiger partial charge is 0.246 e. The van der Waals surface area contributed by atoms with Crippen LogP contribution in [0.1, 0.15) is 52.7 Å². The molecule has 0 aliphatic heterocycles. The second-order valence-corrected chi connectivity index (χ2v) is 6.75. The quantitative estimate of drug-likeness (QED) is 0.588. The van der Waals surface area contributed by atoms with E-state index in [1.165, 1.54) is 5.56 Å². The summed E-state index contributed by atoms with van der Waals surface area (Å²) in [5, 5.41) is 0. The summed E-state index contributed by atoms with van der Waals surface area (Å²) in [5.74, 6) is 0. The monoisotopic (exact) mass is 241 g/mol. The van der Waals surface area contributed by atoms with Gasteiger partial charge in [-0.1, -0.05) is 65.8 Å². The molecule has 0 N–H and O–H groups in total. The molecule has 0 unspecified atom stereocenters. The maximum atomic E-state index is 7.05. The predicted octanol–water partition coefficient (Wildman–Crippen LogP) is 5.29. The third kappa shape index (κ3) is 3.47. The van der Waals surface area contributed by atoms with Crippen LogP contribution in [-0.2, 0) is 5.41 Å². The van der Waals surface area contributed by atoms with E-state index in [0.717, 1.165) is 11.1 Å². The fourth-order valence-corrected chi connectivity index (χ4v) is 1.92. The Labute approximate surface area is 111 Å². The van der Waals surface area contributed by atoms with Crippen LogP contribution in [0.25, 0.3) is 10.4 Å². The molecule has 0 radical (unpaired) electrons. The fourth-order valence-electron chi connectivity index (χ4n) is 1.92. The molecule has 0 amide bonds. The normalized spacial score (nSPS) is 13.3. The molecule has 0 bridgehead atoms. The maximum Gasteiger partial charge on any atom is 0.158 e. The van der Waals surface area contributed by atoms with Gasteiger partial charge in [0.15, 0.2) is 6.20 Å². The highest BCUT2D eigenvalue weighted by molar-refractivity contribution is 5.70. The number of hydrogen-bond acceptors (Lipinski definition) is 0. The van der Waals surface area contributed by atoms with Crippen molar-refractivity contribution in [2.45, 2.75) is 47.0 Å². The van der Waals surface area contributed by atoms with Gasteiger partial charge in [0.2, 0.25) is 0 Å². The SMILES string of the molecule is [C-]#[N+]C=C(c1ccc(C(C)(C)C)cc1)C(C)(C)C. The first kappa shape index (κ1) is 14.5. The molecule has 0 fully saturated rings. The molecule has 0 saturated carbocycles. The van der Waals surface area contributed by atoms with Gasteiger partial charge in [0.25, 0.3) is 0 Å². The molecule has 1 aromatic rings. The van der Waals surface area contributed by atoms with Gasteiger partial charge in [-0.15, -0.1) is 0 Å². The Hall–Kier alpha value is -1.55. The summed E-state index contributed by atoms with van der Waals surface area (Å²) in [6.07, 6.45) is 1.64. The molecule has 96 valence electrons. The number of allylic oxidation sites excluding steroid dienone is 1. The zero-order chi connectivity index (χ0) is 14.0. The average molecular weight is 241 g/mol. The predicted molar refractivity (Wildman–Crippen MR) is 79.2 cm³/mol. The van der Waals surface area contributed by atoms with E-state index < -0.39 is 0 Å². The number of rotatable bonds is 1. The highest BCUT2D eigenvalue weighted by Crippen LogP contribution is 2.35. The smallest absolute Gasteiger partial charge is 0.158 e. The van der Waals surface area contributed by atoms with Crippen LogP contribution in [0.15, 0.2) is 30.5 Å². The second-order valence-electron chi connectivity index (χ2n) is 6.75. The van der Waals surface area contributed by atoms with E-state index in [4.69, 9.17) is 6.57 Å². The molecule has 0 aliphatic carbocycles. The molecule has 0 saturated heterocycles. The summed E-state index contributed by atoms with van der Waals surface area (Å²) in [6, 6.07) is 8.59. The Morgan fingerprint density at radius 1 is 1.00 bits per heavy atom. The van der Waals surface area contributed by atoms with E-state index in [1.807, 2.05) is 0 Å². The van der Waals surface area contributed by atoms with Gasteiger partial charge in [0, 0.05) is 0 Å². The molecule has 0 aliphatic rings. The fraction of sp³-hybridized carbons (Fsp3) is 0.471. The van der Waals surface area contributed by atoms with Crippen molar-refractivity contribution in [1.29, 1.82) is 0 Å². The Bertz CT molecular complexity index is 470. The Morgan fingerprint density at radius 2 is 1.50 bits per heavy atom. The zero-order valence-corrected chi connectivity index (χ0v) is 12.3. The molecule has 18 heavy (non-hydrogen) atoms. The molecule has 0 aromatic heterocycles. The van der Waals surface area contributed by atoms with Crippen molar-refractivity contribution in [2.75, 3.05) is 0 Å². The summed E-state index contributed by atoms with van der Waals surface area (Å²) in [6.45, 7) is 20.1. The Balaban J connectivity index is 3.20. The molecular formula is C17H23N. The molecule has 1 nitrogen and oxygen atoms in total. The van der Waals surface area contributed by atoms with Crippen molar-refractivity contribution in [3.63, 3.8) is 0 Å². The first-order valence-corrected chi connectivity index (χ1v) is 6.34. The zero-order valence-electron chi connectivity index (χ0n) is 12.3. The molecule has 0 spiro atoms. The standard InChI is InChI=1S/C17H23N/c1-16(2,3)14-10-8-13(9-11-14)15(12-18-7)17(4,5)6/h8-12H,1-6H3. The van der Waals surface area contributed by atoms with E-state index in [1.54, 1.807) is 6.20 Å². The topological polar surface area (TPSA) is 4.36 Å². The van der Waals surface area contributed by atoms with Crippen molar-refractivity contribution in [2.24, 2.45) is 5.41 Å². The van der Waals surface area contributed by atoms with Crippen molar-refractivity contribution in [3.8, 4) is 0 Å². The number of benzene rings is 1. The van der Waals surface area contributed by atoms with Crippen molar-refractivity contribution >= 4 is 5.57 Å².